The average Bonchev–Trinajstić information content (AvgIpc) is 2.92. The Kier molecular flexibility index (Phi) is 4.76. The van der Waals surface area contributed by atoms with Gasteiger partial charge in [-0.05, 0) is 50.3 Å². The number of anilines is 2. The lowest BCUT2D eigenvalue weighted by Gasteiger charge is -2.13. The number of para-hydroxylation sites is 1. The van der Waals surface area contributed by atoms with Crippen LogP contribution < -0.4 is 10.1 Å². The molecule has 126 valence electrons. The van der Waals surface area contributed by atoms with Crippen LogP contribution in [0, 0.1) is 0 Å². The lowest BCUT2D eigenvalue weighted by Crippen LogP contribution is -2.14. The minimum absolute atomic E-state index is 0.929. The molecule has 4 nitrogen and oxygen atoms in total. The van der Waals surface area contributed by atoms with Gasteiger partial charge in [-0.25, -0.2) is 0 Å². The predicted octanol–water partition coefficient (Wildman–Crippen LogP) is 4.03. The van der Waals surface area contributed by atoms with Crippen LogP contribution >= 0.6 is 0 Å². The Balaban J connectivity index is 2.08. The van der Waals surface area contributed by atoms with Crippen molar-refractivity contribution in [2.45, 2.75) is 6.42 Å². The Hall–Kier alpha value is -2.46. The quantitative estimate of drug-likeness (QED) is 0.742. The van der Waals surface area contributed by atoms with E-state index in [1.54, 1.807) is 7.11 Å². The van der Waals surface area contributed by atoms with E-state index in [4.69, 9.17) is 4.74 Å². The van der Waals surface area contributed by atoms with Gasteiger partial charge >= 0.3 is 0 Å². The van der Waals surface area contributed by atoms with Gasteiger partial charge in [0.1, 0.15) is 5.75 Å². The van der Waals surface area contributed by atoms with Crippen molar-refractivity contribution in [3.8, 4) is 5.75 Å². The zero-order valence-electron chi connectivity index (χ0n) is 14.8. The highest BCUT2D eigenvalue weighted by atomic mass is 16.5. The lowest BCUT2D eigenvalue weighted by molar-refractivity contribution is 0.411. The van der Waals surface area contributed by atoms with Crippen molar-refractivity contribution in [3.05, 3.63) is 54.2 Å². The summed E-state index contributed by atoms with van der Waals surface area (Å²) >= 11 is 0. The van der Waals surface area contributed by atoms with Crippen molar-refractivity contribution >= 4 is 22.3 Å². The molecule has 0 radical (unpaired) electrons. The number of aromatic nitrogens is 1. The van der Waals surface area contributed by atoms with E-state index in [-0.39, 0.29) is 0 Å². The van der Waals surface area contributed by atoms with Gasteiger partial charge in [0, 0.05) is 30.9 Å². The van der Waals surface area contributed by atoms with Crippen molar-refractivity contribution in [2.75, 3.05) is 33.1 Å². The maximum Gasteiger partial charge on any atom is 0.128 e. The van der Waals surface area contributed by atoms with Gasteiger partial charge in [-0.15, -0.1) is 0 Å². The van der Waals surface area contributed by atoms with Crippen LogP contribution in [0.5, 0.6) is 5.75 Å². The Morgan fingerprint density at radius 1 is 1.08 bits per heavy atom. The summed E-state index contributed by atoms with van der Waals surface area (Å²) < 4.78 is 7.83. The second kappa shape index (κ2) is 6.97. The molecule has 0 aliphatic heterocycles. The fraction of sp³-hybridized carbons (Fsp3) is 0.300. The van der Waals surface area contributed by atoms with Gasteiger partial charge in [0.05, 0.1) is 18.3 Å². The van der Waals surface area contributed by atoms with E-state index in [1.807, 2.05) is 24.3 Å². The summed E-state index contributed by atoms with van der Waals surface area (Å²) in [5.74, 6) is 0.929. The van der Waals surface area contributed by atoms with Gasteiger partial charge in [0.2, 0.25) is 0 Å². The largest absolute Gasteiger partial charge is 0.496 e. The summed E-state index contributed by atoms with van der Waals surface area (Å²) in [5, 5.41) is 4.73. The third-order valence-corrected chi connectivity index (χ3v) is 4.26. The summed E-state index contributed by atoms with van der Waals surface area (Å²) in [6, 6.07) is 14.4. The van der Waals surface area contributed by atoms with E-state index in [2.05, 4.69) is 60.3 Å². The molecule has 0 saturated heterocycles. The molecule has 3 rings (SSSR count). The number of hydrogen-bond donors (Lipinski definition) is 1. The first kappa shape index (κ1) is 16.4. The van der Waals surface area contributed by atoms with Gasteiger partial charge in [-0.2, -0.15) is 0 Å². The highest BCUT2D eigenvalue weighted by Crippen LogP contribution is 2.36. The molecule has 0 spiro atoms. The molecule has 0 amide bonds. The summed E-state index contributed by atoms with van der Waals surface area (Å²) in [6.45, 7) is 1.01. The van der Waals surface area contributed by atoms with Crippen LogP contribution in [0.1, 0.15) is 5.56 Å². The van der Waals surface area contributed by atoms with Gasteiger partial charge in [0.25, 0.3) is 0 Å². The molecule has 1 N–H and O–H groups in total. The maximum absolute atomic E-state index is 5.64. The van der Waals surface area contributed by atoms with Crippen LogP contribution in [0.4, 0.5) is 11.4 Å². The minimum atomic E-state index is 0.929. The molecular formula is C20H25N3O. The van der Waals surface area contributed by atoms with Crippen LogP contribution in [-0.2, 0) is 13.5 Å². The van der Waals surface area contributed by atoms with Crippen LogP contribution in [0.3, 0.4) is 0 Å². The van der Waals surface area contributed by atoms with Crippen molar-refractivity contribution in [3.63, 3.8) is 0 Å². The Morgan fingerprint density at radius 2 is 1.83 bits per heavy atom. The lowest BCUT2D eigenvalue weighted by atomic mass is 10.1. The highest BCUT2D eigenvalue weighted by molar-refractivity contribution is 5.99. The molecule has 0 fully saturated rings. The number of benzene rings is 2. The molecule has 0 bridgehead atoms. The summed E-state index contributed by atoms with van der Waals surface area (Å²) in [5.41, 5.74) is 4.66. The minimum Gasteiger partial charge on any atom is -0.496 e. The van der Waals surface area contributed by atoms with E-state index in [1.165, 1.54) is 16.5 Å². The van der Waals surface area contributed by atoms with Crippen molar-refractivity contribution in [1.82, 2.24) is 9.47 Å². The maximum atomic E-state index is 5.64. The molecule has 0 saturated carbocycles. The molecule has 4 heteroatoms. The smallest absolute Gasteiger partial charge is 0.128 e. The number of ether oxygens (including phenoxy) is 1. The van der Waals surface area contributed by atoms with Crippen LogP contribution in [-0.4, -0.2) is 37.2 Å². The van der Waals surface area contributed by atoms with E-state index < -0.39 is 0 Å². The fourth-order valence-corrected chi connectivity index (χ4v) is 3.09. The van der Waals surface area contributed by atoms with Gasteiger partial charge in [-0.3, -0.25) is 0 Å². The van der Waals surface area contributed by atoms with Crippen molar-refractivity contribution in [2.24, 2.45) is 7.05 Å². The van der Waals surface area contributed by atoms with Crippen molar-refractivity contribution < 1.29 is 4.74 Å². The summed E-state index contributed by atoms with van der Waals surface area (Å²) in [4.78, 5) is 2.21. The van der Waals surface area contributed by atoms with E-state index in [9.17, 15) is 0 Å². The number of aryl methyl sites for hydroxylation is 1. The van der Waals surface area contributed by atoms with Crippen LogP contribution in [0.25, 0.3) is 10.9 Å². The first-order valence-corrected chi connectivity index (χ1v) is 8.22. The molecule has 0 atom stereocenters. The molecule has 3 aromatic rings. The highest BCUT2D eigenvalue weighted by Gasteiger charge is 2.15. The molecule has 0 aliphatic carbocycles. The Bertz CT molecular complexity index is 822. The molecule has 0 aliphatic rings. The number of fused-ring (bicyclic) bond motifs is 1. The molecule has 1 aromatic heterocycles. The molecule has 24 heavy (non-hydrogen) atoms. The number of nitrogens with one attached hydrogen (secondary N) is 1. The normalized spacial score (nSPS) is 11.2. The molecule has 1 heterocycles. The van der Waals surface area contributed by atoms with Gasteiger partial charge in [-0.1, -0.05) is 18.2 Å². The van der Waals surface area contributed by atoms with Gasteiger partial charge < -0.3 is 19.5 Å². The van der Waals surface area contributed by atoms with E-state index in [0.717, 1.165) is 30.1 Å². The monoisotopic (exact) mass is 323 g/mol. The fourth-order valence-electron chi connectivity index (χ4n) is 3.09. The van der Waals surface area contributed by atoms with Crippen LogP contribution in [0.15, 0.2) is 48.7 Å². The van der Waals surface area contributed by atoms with Crippen LogP contribution in [0.2, 0.25) is 0 Å². The average molecular weight is 323 g/mol. The Morgan fingerprint density at radius 3 is 2.50 bits per heavy atom. The van der Waals surface area contributed by atoms with E-state index in [0.29, 0.717) is 0 Å². The predicted molar refractivity (Wildman–Crippen MR) is 101 cm³/mol. The molecule has 0 unspecified atom stereocenters. The zero-order valence-corrected chi connectivity index (χ0v) is 14.8. The summed E-state index contributed by atoms with van der Waals surface area (Å²) in [6.07, 6.45) is 3.21. The zero-order chi connectivity index (χ0) is 17.1. The standard InChI is InChI=1S/C20H25N3O/c1-22(2)13-12-15-14-23(3)20-17(10-11-18(24-4)19(15)20)21-16-8-6-5-7-9-16/h5-11,14,21H,12-13H2,1-4H3. The number of nitrogens with zero attached hydrogens (tertiary/aromatic N) is 2. The van der Waals surface area contributed by atoms with Crippen molar-refractivity contribution in [1.29, 1.82) is 0 Å². The number of methoxy groups -OCH3 is 1. The summed E-state index contributed by atoms with van der Waals surface area (Å²) in [7, 11) is 8.04. The SMILES string of the molecule is COc1ccc(Nc2ccccc2)c2c1c(CCN(C)C)cn2C. The Labute approximate surface area is 143 Å². The number of likely N-dealkylation sites (N-methyl/N-ethyl adjacent to an activating group) is 1. The van der Waals surface area contributed by atoms with Gasteiger partial charge in [0.15, 0.2) is 0 Å². The third kappa shape index (κ3) is 3.24. The second-order valence-corrected chi connectivity index (χ2v) is 6.35. The topological polar surface area (TPSA) is 29.4 Å². The third-order valence-electron chi connectivity index (χ3n) is 4.26. The second-order valence-electron chi connectivity index (χ2n) is 6.35. The molecule has 2 aromatic carbocycles. The number of rotatable bonds is 6. The van der Waals surface area contributed by atoms with E-state index >= 15 is 0 Å². The first-order chi connectivity index (χ1) is 11.6. The molecular weight excluding hydrogens is 298 g/mol. The first-order valence-electron chi connectivity index (χ1n) is 8.22. The number of hydrogen-bond acceptors (Lipinski definition) is 3.